The van der Waals surface area contributed by atoms with Gasteiger partial charge in [0.2, 0.25) is 0 Å². The van der Waals surface area contributed by atoms with Gasteiger partial charge in [-0.3, -0.25) is 4.79 Å². The number of carbonyl (C=O) groups excluding carboxylic acids is 1. The Morgan fingerprint density at radius 2 is 1.69 bits per heavy atom. The lowest BCUT2D eigenvalue weighted by molar-refractivity contribution is 0.0690. The average Bonchev–Trinajstić information content (AvgIpc) is 2.68. The SMILES string of the molecule is COc1ccc(CC2CCN(C(=O)c3ccc(F)cc3)CC2)cc1OC. The van der Waals surface area contributed by atoms with Crippen LogP contribution in [0.1, 0.15) is 28.8 Å². The van der Waals surface area contributed by atoms with Crippen molar-refractivity contribution in [2.45, 2.75) is 19.3 Å². The van der Waals surface area contributed by atoms with E-state index in [0.29, 0.717) is 11.5 Å². The molecular formula is C21H24FNO3. The maximum absolute atomic E-state index is 13.0. The molecule has 26 heavy (non-hydrogen) atoms. The van der Waals surface area contributed by atoms with Gasteiger partial charge in [-0.2, -0.15) is 0 Å². The van der Waals surface area contributed by atoms with Crippen molar-refractivity contribution in [1.82, 2.24) is 4.90 Å². The van der Waals surface area contributed by atoms with Crippen LogP contribution in [-0.2, 0) is 6.42 Å². The fourth-order valence-corrected chi connectivity index (χ4v) is 3.46. The Bertz CT molecular complexity index is 752. The highest BCUT2D eigenvalue weighted by Gasteiger charge is 2.24. The van der Waals surface area contributed by atoms with E-state index in [-0.39, 0.29) is 11.7 Å². The molecule has 0 saturated carbocycles. The largest absolute Gasteiger partial charge is 0.493 e. The van der Waals surface area contributed by atoms with E-state index in [1.807, 2.05) is 17.0 Å². The first-order chi connectivity index (χ1) is 12.6. The van der Waals surface area contributed by atoms with Crippen LogP contribution < -0.4 is 9.47 Å². The number of amides is 1. The number of benzene rings is 2. The fraction of sp³-hybridized carbons (Fsp3) is 0.381. The molecule has 1 saturated heterocycles. The number of rotatable bonds is 5. The first-order valence-electron chi connectivity index (χ1n) is 8.86. The number of methoxy groups -OCH3 is 2. The maximum Gasteiger partial charge on any atom is 0.253 e. The summed E-state index contributed by atoms with van der Waals surface area (Å²) < 4.78 is 23.7. The molecule has 1 heterocycles. The highest BCUT2D eigenvalue weighted by Crippen LogP contribution is 2.30. The molecule has 1 amide bonds. The topological polar surface area (TPSA) is 38.8 Å². The van der Waals surface area contributed by atoms with Crippen molar-refractivity contribution in [1.29, 1.82) is 0 Å². The molecule has 0 aliphatic carbocycles. The van der Waals surface area contributed by atoms with Crippen LogP contribution in [0.2, 0.25) is 0 Å². The molecule has 138 valence electrons. The number of halogens is 1. The number of ether oxygens (including phenoxy) is 2. The summed E-state index contributed by atoms with van der Waals surface area (Å²) in [5.41, 5.74) is 1.76. The Morgan fingerprint density at radius 3 is 2.31 bits per heavy atom. The first-order valence-corrected chi connectivity index (χ1v) is 8.86. The Labute approximate surface area is 153 Å². The Hall–Kier alpha value is -2.56. The van der Waals surface area contributed by atoms with Crippen LogP contribution in [0, 0.1) is 11.7 Å². The average molecular weight is 357 g/mol. The van der Waals surface area contributed by atoms with E-state index in [1.54, 1.807) is 26.4 Å². The zero-order valence-electron chi connectivity index (χ0n) is 15.2. The van der Waals surface area contributed by atoms with E-state index < -0.39 is 0 Å². The van der Waals surface area contributed by atoms with E-state index in [1.165, 1.54) is 17.7 Å². The van der Waals surface area contributed by atoms with E-state index in [4.69, 9.17) is 9.47 Å². The van der Waals surface area contributed by atoms with E-state index >= 15 is 0 Å². The van der Waals surface area contributed by atoms with Crippen LogP contribution in [-0.4, -0.2) is 38.1 Å². The third-order valence-electron chi connectivity index (χ3n) is 4.97. The highest BCUT2D eigenvalue weighted by atomic mass is 19.1. The Balaban J connectivity index is 1.57. The highest BCUT2D eigenvalue weighted by molar-refractivity contribution is 5.94. The standard InChI is InChI=1S/C21H24FNO3/c1-25-19-8-3-16(14-20(19)26-2)13-15-9-11-23(12-10-15)21(24)17-4-6-18(22)7-5-17/h3-8,14-15H,9-13H2,1-2H3. The summed E-state index contributed by atoms with van der Waals surface area (Å²) >= 11 is 0. The molecule has 1 aliphatic rings. The fourth-order valence-electron chi connectivity index (χ4n) is 3.46. The molecule has 0 radical (unpaired) electrons. The number of piperidine rings is 1. The van der Waals surface area contributed by atoms with Gasteiger partial charge in [0.05, 0.1) is 14.2 Å². The minimum atomic E-state index is -0.324. The van der Waals surface area contributed by atoms with Crippen molar-refractivity contribution in [3.05, 3.63) is 59.4 Å². The molecule has 0 unspecified atom stereocenters. The summed E-state index contributed by atoms with van der Waals surface area (Å²) in [4.78, 5) is 14.4. The smallest absolute Gasteiger partial charge is 0.253 e. The van der Waals surface area contributed by atoms with Crippen LogP contribution in [0.25, 0.3) is 0 Å². The second-order valence-electron chi connectivity index (χ2n) is 6.64. The van der Waals surface area contributed by atoms with Crippen LogP contribution >= 0.6 is 0 Å². The molecule has 5 heteroatoms. The lowest BCUT2D eigenvalue weighted by atomic mass is 9.90. The third-order valence-corrected chi connectivity index (χ3v) is 4.97. The number of hydrogen-bond acceptors (Lipinski definition) is 3. The van der Waals surface area contributed by atoms with Gasteiger partial charge in [-0.15, -0.1) is 0 Å². The van der Waals surface area contributed by atoms with Gasteiger partial charge in [0, 0.05) is 18.7 Å². The van der Waals surface area contributed by atoms with Gasteiger partial charge in [0.25, 0.3) is 5.91 Å². The summed E-state index contributed by atoms with van der Waals surface area (Å²) in [5, 5.41) is 0. The number of nitrogens with zero attached hydrogens (tertiary/aromatic N) is 1. The van der Waals surface area contributed by atoms with Gasteiger partial charge in [-0.1, -0.05) is 6.07 Å². The van der Waals surface area contributed by atoms with Gasteiger partial charge in [-0.25, -0.2) is 4.39 Å². The molecule has 1 aliphatic heterocycles. The normalized spacial score (nSPS) is 15.0. The minimum absolute atomic E-state index is 0.0189. The molecule has 4 nitrogen and oxygen atoms in total. The van der Waals surface area contributed by atoms with E-state index in [9.17, 15) is 9.18 Å². The number of carbonyl (C=O) groups is 1. The van der Waals surface area contributed by atoms with Crippen molar-refractivity contribution in [3.63, 3.8) is 0 Å². The van der Waals surface area contributed by atoms with Crippen molar-refractivity contribution in [2.24, 2.45) is 5.92 Å². The maximum atomic E-state index is 13.0. The monoisotopic (exact) mass is 357 g/mol. The molecule has 0 bridgehead atoms. The number of likely N-dealkylation sites (tertiary alicyclic amines) is 1. The summed E-state index contributed by atoms with van der Waals surface area (Å²) in [7, 11) is 3.27. The predicted octanol–water partition coefficient (Wildman–Crippen LogP) is 3.94. The summed E-state index contributed by atoms with van der Waals surface area (Å²) in [6.45, 7) is 1.46. The van der Waals surface area contributed by atoms with Crippen molar-refractivity contribution < 1.29 is 18.7 Å². The lowest BCUT2D eigenvalue weighted by Crippen LogP contribution is -2.38. The van der Waals surface area contributed by atoms with Crippen molar-refractivity contribution in [3.8, 4) is 11.5 Å². The van der Waals surface area contributed by atoms with Crippen LogP contribution in [0.3, 0.4) is 0 Å². The quantitative estimate of drug-likeness (QED) is 0.814. The third kappa shape index (κ3) is 4.15. The van der Waals surface area contributed by atoms with Gasteiger partial charge < -0.3 is 14.4 Å². The molecule has 3 rings (SSSR count). The Kier molecular flexibility index (Phi) is 5.76. The predicted molar refractivity (Wildman–Crippen MR) is 98.3 cm³/mol. The van der Waals surface area contributed by atoms with Gasteiger partial charge >= 0.3 is 0 Å². The molecule has 2 aromatic carbocycles. The van der Waals surface area contributed by atoms with E-state index in [2.05, 4.69) is 6.07 Å². The molecule has 2 aromatic rings. The van der Waals surface area contributed by atoms with Crippen LogP contribution in [0.4, 0.5) is 4.39 Å². The van der Waals surface area contributed by atoms with Gasteiger partial charge in [-0.05, 0) is 67.1 Å². The first kappa shape index (κ1) is 18.2. The summed E-state index contributed by atoms with van der Waals surface area (Å²) in [6.07, 6.45) is 2.88. The second-order valence-corrected chi connectivity index (χ2v) is 6.64. The molecule has 0 aromatic heterocycles. The molecule has 0 N–H and O–H groups in total. The zero-order valence-corrected chi connectivity index (χ0v) is 15.2. The summed E-state index contributed by atoms with van der Waals surface area (Å²) in [5.74, 6) is 1.67. The molecule has 0 atom stereocenters. The van der Waals surface area contributed by atoms with Crippen molar-refractivity contribution >= 4 is 5.91 Å². The Morgan fingerprint density at radius 1 is 1.04 bits per heavy atom. The molecular weight excluding hydrogens is 333 g/mol. The van der Waals surface area contributed by atoms with Gasteiger partial charge in [0.1, 0.15) is 5.82 Å². The van der Waals surface area contributed by atoms with Crippen LogP contribution in [0.5, 0.6) is 11.5 Å². The zero-order chi connectivity index (χ0) is 18.5. The summed E-state index contributed by atoms with van der Waals surface area (Å²) in [6, 6.07) is 11.8. The second kappa shape index (κ2) is 8.21. The molecule has 0 spiro atoms. The van der Waals surface area contributed by atoms with Gasteiger partial charge in [0.15, 0.2) is 11.5 Å². The molecule has 1 fully saturated rings. The van der Waals surface area contributed by atoms with E-state index in [0.717, 1.165) is 43.9 Å². The minimum Gasteiger partial charge on any atom is -0.493 e. The number of hydrogen-bond donors (Lipinski definition) is 0. The van der Waals surface area contributed by atoms with Crippen LogP contribution in [0.15, 0.2) is 42.5 Å². The van der Waals surface area contributed by atoms with Crippen molar-refractivity contribution in [2.75, 3.05) is 27.3 Å². The lowest BCUT2D eigenvalue weighted by Gasteiger charge is -2.32.